The Balaban J connectivity index is 1.71. The van der Waals surface area contributed by atoms with Crippen molar-refractivity contribution in [2.75, 3.05) is 23.0 Å². The van der Waals surface area contributed by atoms with Crippen molar-refractivity contribution in [3.63, 3.8) is 0 Å². The molecule has 8 nitrogen and oxygen atoms in total. The summed E-state index contributed by atoms with van der Waals surface area (Å²) >= 11 is 5.75. The highest BCUT2D eigenvalue weighted by Gasteiger charge is 2.23. The van der Waals surface area contributed by atoms with Crippen LogP contribution in [0.4, 0.5) is 25.1 Å². The number of aromatic nitrogens is 1. The zero-order valence-electron chi connectivity index (χ0n) is 19.3. The number of pyridine rings is 1. The van der Waals surface area contributed by atoms with Gasteiger partial charge in [-0.05, 0) is 43.7 Å². The maximum absolute atomic E-state index is 15.0. The molecule has 0 saturated carbocycles. The summed E-state index contributed by atoms with van der Waals surface area (Å²) in [4.78, 5) is 28.6. The first-order valence-electron chi connectivity index (χ1n) is 10.7. The van der Waals surface area contributed by atoms with E-state index in [0.717, 1.165) is 11.2 Å². The van der Waals surface area contributed by atoms with Crippen LogP contribution in [0.3, 0.4) is 0 Å². The molecular formula is C24H23ClF2N4O4S. The lowest BCUT2D eigenvalue weighted by atomic mass is 10.0. The first-order chi connectivity index (χ1) is 17.0. The molecule has 3 rings (SSSR count). The SMILES string of the molecule is C[C@@H](CCN(C=O)c1ccc(-c2ccccc2S(C)(=O)=O)c(F)c1F)NC(=O)Nc1ccc(Cl)cn1. The molecule has 190 valence electrons. The molecule has 1 aromatic heterocycles. The molecule has 0 fully saturated rings. The van der Waals surface area contributed by atoms with E-state index in [2.05, 4.69) is 15.6 Å². The number of urea groups is 1. The van der Waals surface area contributed by atoms with E-state index in [1.54, 1.807) is 13.0 Å². The largest absolute Gasteiger partial charge is 0.335 e. The van der Waals surface area contributed by atoms with E-state index < -0.39 is 33.5 Å². The number of hydrogen-bond donors (Lipinski definition) is 2. The molecule has 1 heterocycles. The molecule has 2 aromatic carbocycles. The summed E-state index contributed by atoms with van der Waals surface area (Å²) in [5.41, 5.74) is -0.546. The fourth-order valence-corrected chi connectivity index (χ4v) is 4.46. The minimum absolute atomic E-state index is 0.0135. The van der Waals surface area contributed by atoms with E-state index in [1.807, 2.05) is 0 Å². The lowest BCUT2D eigenvalue weighted by molar-refractivity contribution is -0.107. The van der Waals surface area contributed by atoms with Gasteiger partial charge in [-0.15, -0.1) is 0 Å². The van der Waals surface area contributed by atoms with Crippen molar-refractivity contribution in [3.05, 3.63) is 71.4 Å². The second kappa shape index (κ2) is 11.4. The minimum Gasteiger partial charge on any atom is -0.335 e. The number of sulfone groups is 1. The second-order valence-electron chi connectivity index (χ2n) is 7.98. The zero-order valence-corrected chi connectivity index (χ0v) is 20.9. The van der Waals surface area contributed by atoms with Crippen molar-refractivity contribution >= 4 is 45.4 Å². The quantitative estimate of drug-likeness (QED) is 0.387. The smallest absolute Gasteiger partial charge is 0.320 e. The number of benzene rings is 2. The average molecular weight is 537 g/mol. The molecular weight excluding hydrogens is 514 g/mol. The Labute approximate surface area is 212 Å². The van der Waals surface area contributed by atoms with Gasteiger partial charge < -0.3 is 10.2 Å². The number of carbonyl (C=O) groups excluding carboxylic acids is 2. The maximum atomic E-state index is 15.0. The third-order valence-electron chi connectivity index (χ3n) is 5.22. The van der Waals surface area contributed by atoms with Crippen LogP contribution >= 0.6 is 11.6 Å². The van der Waals surface area contributed by atoms with Crippen LogP contribution in [0.5, 0.6) is 0 Å². The molecule has 1 atom stereocenters. The average Bonchev–Trinajstić information content (AvgIpc) is 2.83. The molecule has 12 heteroatoms. The highest BCUT2D eigenvalue weighted by molar-refractivity contribution is 7.90. The van der Waals surface area contributed by atoms with Gasteiger partial charge in [0.25, 0.3) is 0 Å². The number of nitrogens with one attached hydrogen (secondary N) is 2. The van der Waals surface area contributed by atoms with E-state index in [9.17, 15) is 22.4 Å². The van der Waals surface area contributed by atoms with Gasteiger partial charge >= 0.3 is 6.03 Å². The van der Waals surface area contributed by atoms with Crippen molar-refractivity contribution in [2.24, 2.45) is 0 Å². The first-order valence-corrected chi connectivity index (χ1v) is 13.0. The molecule has 3 amide bonds. The van der Waals surface area contributed by atoms with Crippen molar-refractivity contribution in [3.8, 4) is 11.1 Å². The topological polar surface area (TPSA) is 108 Å². The fourth-order valence-electron chi connectivity index (χ4n) is 3.44. The summed E-state index contributed by atoms with van der Waals surface area (Å²) in [5, 5.41) is 5.61. The van der Waals surface area contributed by atoms with E-state index in [-0.39, 0.29) is 40.5 Å². The predicted octanol–water partition coefficient (Wildman–Crippen LogP) is 4.65. The number of rotatable bonds is 9. The van der Waals surface area contributed by atoms with Gasteiger partial charge in [0, 0.05) is 36.2 Å². The lowest BCUT2D eigenvalue weighted by Crippen LogP contribution is -2.38. The molecule has 0 aliphatic heterocycles. The van der Waals surface area contributed by atoms with Crippen LogP contribution in [-0.2, 0) is 14.6 Å². The van der Waals surface area contributed by atoms with E-state index in [0.29, 0.717) is 11.4 Å². The van der Waals surface area contributed by atoms with Crippen LogP contribution < -0.4 is 15.5 Å². The second-order valence-corrected chi connectivity index (χ2v) is 10.4. The molecule has 0 spiro atoms. The maximum Gasteiger partial charge on any atom is 0.320 e. The molecule has 0 aliphatic rings. The normalized spacial score (nSPS) is 12.0. The summed E-state index contributed by atoms with van der Waals surface area (Å²) in [6.07, 6.45) is 2.93. The van der Waals surface area contributed by atoms with Gasteiger partial charge in [0.05, 0.1) is 15.6 Å². The minimum atomic E-state index is -3.70. The van der Waals surface area contributed by atoms with Crippen LogP contribution in [0.25, 0.3) is 11.1 Å². The summed E-state index contributed by atoms with van der Waals surface area (Å²) in [5.74, 6) is -2.29. The van der Waals surface area contributed by atoms with Gasteiger partial charge in [-0.3, -0.25) is 10.1 Å². The zero-order chi connectivity index (χ0) is 26.5. The fraction of sp³-hybridized carbons (Fsp3) is 0.208. The molecule has 0 aliphatic carbocycles. The number of anilines is 2. The van der Waals surface area contributed by atoms with Crippen LogP contribution in [0, 0.1) is 11.6 Å². The Morgan fingerprint density at radius 3 is 2.47 bits per heavy atom. The monoisotopic (exact) mass is 536 g/mol. The van der Waals surface area contributed by atoms with Gasteiger partial charge in [-0.2, -0.15) is 0 Å². The number of halogens is 3. The molecule has 36 heavy (non-hydrogen) atoms. The predicted molar refractivity (Wildman–Crippen MR) is 134 cm³/mol. The Bertz CT molecular complexity index is 1370. The van der Waals surface area contributed by atoms with E-state index in [4.69, 9.17) is 11.6 Å². The van der Waals surface area contributed by atoms with Crippen LogP contribution in [0.1, 0.15) is 13.3 Å². The van der Waals surface area contributed by atoms with Crippen LogP contribution in [0.15, 0.2) is 59.6 Å². The highest BCUT2D eigenvalue weighted by Crippen LogP contribution is 2.33. The Morgan fingerprint density at radius 1 is 1.11 bits per heavy atom. The highest BCUT2D eigenvalue weighted by atomic mass is 35.5. The molecule has 0 bridgehead atoms. The third-order valence-corrected chi connectivity index (χ3v) is 6.60. The Hall–Kier alpha value is -3.57. The van der Waals surface area contributed by atoms with Crippen LogP contribution in [0.2, 0.25) is 5.02 Å². The molecule has 2 N–H and O–H groups in total. The first kappa shape index (κ1) is 27.0. The number of carbonyl (C=O) groups is 2. The van der Waals surface area contributed by atoms with Gasteiger partial charge in [0.15, 0.2) is 21.5 Å². The van der Waals surface area contributed by atoms with E-state index in [1.165, 1.54) is 48.7 Å². The van der Waals surface area contributed by atoms with Gasteiger partial charge in [0.1, 0.15) is 5.82 Å². The van der Waals surface area contributed by atoms with Crippen LogP contribution in [-0.4, -0.2) is 44.7 Å². The van der Waals surface area contributed by atoms with Crippen molar-refractivity contribution in [2.45, 2.75) is 24.3 Å². The Kier molecular flexibility index (Phi) is 8.59. The van der Waals surface area contributed by atoms with Gasteiger partial charge in [-0.1, -0.05) is 29.8 Å². The summed E-state index contributed by atoms with van der Waals surface area (Å²) < 4.78 is 54.2. The summed E-state index contributed by atoms with van der Waals surface area (Å²) in [7, 11) is -3.70. The van der Waals surface area contributed by atoms with Crippen molar-refractivity contribution < 1.29 is 26.8 Å². The number of nitrogens with zero attached hydrogens (tertiary/aromatic N) is 2. The van der Waals surface area contributed by atoms with Crippen molar-refractivity contribution in [1.29, 1.82) is 0 Å². The standard InChI is InChI=1S/C24H23ClF2N4O4S/c1-15(29-24(33)30-21-10-7-16(25)13-28-21)11-12-31(14-32)19-9-8-18(22(26)23(19)27)17-5-3-4-6-20(17)36(2,34)35/h3-10,13-15H,11-12H2,1-2H3,(H2,28,29,30,33)/t15-/m0/s1. The summed E-state index contributed by atoms with van der Waals surface area (Å²) in [6.45, 7) is 1.65. The van der Waals surface area contributed by atoms with Gasteiger partial charge in [0.2, 0.25) is 6.41 Å². The molecule has 3 aromatic rings. The summed E-state index contributed by atoms with van der Waals surface area (Å²) in [6, 6.07) is 10.2. The van der Waals surface area contributed by atoms with Crippen molar-refractivity contribution in [1.82, 2.24) is 10.3 Å². The number of amides is 3. The molecule has 0 saturated heterocycles. The number of hydrogen-bond acceptors (Lipinski definition) is 5. The van der Waals surface area contributed by atoms with Gasteiger partial charge in [-0.25, -0.2) is 27.0 Å². The lowest BCUT2D eigenvalue weighted by Gasteiger charge is -2.22. The molecule has 0 unspecified atom stereocenters. The van der Waals surface area contributed by atoms with E-state index >= 15 is 4.39 Å². The third kappa shape index (κ3) is 6.55. The molecule has 0 radical (unpaired) electrons. The Morgan fingerprint density at radius 2 is 1.83 bits per heavy atom.